The van der Waals surface area contributed by atoms with Crippen LogP contribution in [0.3, 0.4) is 0 Å². The Morgan fingerprint density at radius 2 is 2.15 bits per heavy atom. The van der Waals surface area contributed by atoms with Gasteiger partial charge in [0, 0.05) is 6.54 Å². The van der Waals surface area contributed by atoms with Gasteiger partial charge in [0.05, 0.1) is 12.5 Å². The number of likely N-dealkylation sites (tertiary alicyclic amines) is 1. The third kappa shape index (κ3) is 2.36. The zero-order valence-electron chi connectivity index (χ0n) is 11.0. The lowest BCUT2D eigenvalue weighted by molar-refractivity contribution is -0.238. The first-order valence-electron chi connectivity index (χ1n) is 6.82. The summed E-state index contributed by atoms with van der Waals surface area (Å²) in [7, 11) is 0. The second-order valence-corrected chi connectivity index (χ2v) is 5.93. The van der Waals surface area contributed by atoms with Gasteiger partial charge in [-0.3, -0.25) is 9.88 Å². The number of alkyl halides is 3. The molecule has 0 unspecified atom stereocenters. The van der Waals surface area contributed by atoms with E-state index in [1.165, 1.54) is 0 Å². The van der Waals surface area contributed by atoms with Crippen LogP contribution in [-0.4, -0.2) is 39.3 Å². The quantitative estimate of drug-likeness (QED) is 0.870. The van der Waals surface area contributed by atoms with Gasteiger partial charge in [-0.2, -0.15) is 18.3 Å². The van der Waals surface area contributed by atoms with Crippen molar-refractivity contribution >= 4 is 0 Å². The van der Waals surface area contributed by atoms with Gasteiger partial charge in [0.1, 0.15) is 5.82 Å². The van der Waals surface area contributed by atoms with Gasteiger partial charge in [-0.15, -0.1) is 0 Å². The lowest BCUT2D eigenvalue weighted by Crippen LogP contribution is -2.56. The summed E-state index contributed by atoms with van der Waals surface area (Å²) >= 11 is 0. The van der Waals surface area contributed by atoms with Crippen molar-refractivity contribution in [1.82, 2.24) is 20.1 Å². The van der Waals surface area contributed by atoms with E-state index in [1.54, 1.807) is 0 Å². The van der Waals surface area contributed by atoms with Crippen LogP contribution < -0.4 is 5.69 Å². The number of aromatic amines is 2. The second-order valence-electron chi connectivity index (χ2n) is 5.93. The van der Waals surface area contributed by atoms with E-state index < -0.39 is 17.5 Å². The molecule has 1 saturated heterocycles. The highest BCUT2D eigenvalue weighted by Crippen LogP contribution is 2.56. The maximum atomic E-state index is 13.1. The first-order chi connectivity index (χ1) is 9.39. The molecule has 1 aromatic heterocycles. The fourth-order valence-electron chi connectivity index (χ4n) is 3.63. The summed E-state index contributed by atoms with van der Waals surface area (Å²) in [5.74, 6) is -0.701. The van der Waals surface area contributed by atoms with Crippen LogP contribution in [0, 0.1) is 11.3 Å². The molecule has 1 spiro atoms. The third-order valence-corrected chi connectivity index (χ3v) is 4.68. The minimum absolute atomic E-state index is 0.137. The maximum absolute atomic E-state index is 13.1. The maximum Gasteiger partial charge on any atom is 0.392 e. The molecule has 0 amide bonds. The van der Waals surface area contributed by atoms with Crippen LogP contribution in [0.4, 0.5) is 13.2 Å². The first-order valence-corrected chi connectivity index (χ1v) is 6.82. The van der Waals surface area contributed by atoms with Gasteiger partial charge in [-0.1, -0.05) is 6.42 Å². The van der Waals surface area contributed by atoms with Gasteiger partial charge in [0.15, 0.2) is 0 Å². The number of nitrogens with zero attached hydrogens (tertiary/aromatic N) is 2. The molecule has 2 heterocycles. The van der Waals surface area contributed by atoms with E-state index in [2.05, 4.69) is 15.2 Å². The van der Waals surface area contributed by atoms with Crippen molar-refractivity contribution in [2.24, 2.45) is 11.3 Å². The largest absolute Gasteiger partial charge is 0.392 e. The van der Waals surface area contributed by atoms with Gasteiger partial charge >= 0.3 is 11.9 Å². The number of piperidine rings is 1. The SMILES string of the molecule is O=c1[nH]nc(CN2CC[C@H](C(F)(F)F)C3(CCC3)C2)[nH]1. The number of nitrogens with one attached hydrogen (secondary N) is 2. The van der Waals surface area contributed by atoms with Crippen LogP contribution in [0.25, 0.3) is 0 Å². The Bertz CT molecular complexity index is 531. The fraction of sp³-hybridized carbons (Fsp3) is 0.833. The summed E-state index contributed by atoms with van der Waals surface area (Å²) in [5.41, 5.74) is -1.00. The summed E-state index contributed by atoms with van der Waals surface area (Å²) in [4.78, 5) is 15.5. The number of aromatic nitrogens is 3. The zero-order chi connectivity index (χ0) is 14.4. The summed E-state index contributed by atoms with van der Waals surface area (Å²) in [6.07, 6.45) is -1.81. The van der Waals surface area contributed by atoms with Crippen molar-refractivity contribution in [1.29, 1.82) is 0 Å². The lowest BCUT2D eigenvalue weighted by Gasteiger charge is -2.54. The molecule has 5 nitrogen and oxygen atoms in total. The topological polar surface area (TPSA) is 64.8 Å². The van der Waals surface area contributed by atoms with Crippen LogP contribution in [0.2, 0.25) is 0 Å². The highest BCUT2D eigenvalue weighted by molar-refractivity contribution is 5.01. The van der Waals surface area contributed by atoms with Crippen molar-refractivity contribution in [3.05, 3.63) is 16.3 Å². The van der Waals surface area contributed by atoms with E-state index in [4.69, 9.17) is 0 Å². The molecule has 0 radical (unpaired) electrons. The van der Waals surface area contributed by atoms with E-state index in [0.29, 0.717) is 38.3 Å². The molecular formula is C12H17F3N4O. The monoisotopic (exact) mass is 290 g/mol. The number of hydrogen-bond acceptors (Lipinski definition) is 3. The molecular weight excluding hydrogens is 273 g/mol. The molecule has 0 aromatic carbocycles. The molecule has 20 heavy (non-hydrogen) atoms. The Kier molecular flexibility index (Phi) is 3.15. The number of H-pyrrole nitrogens is 2. The Morgan fingerprint density at radius 1 is 1.40 bits per heavy atom. The molecule has 1 aliphatic heterocycles. The second kappa shape index (κ2) is 4.61. The van der Waals surface area contributed by atoms with Crippen LogP contribution in [-0.2, 0) is 6.54 Å². The Hall–Kier alpha value is -1.31. The Balaban J connectivity index is 1.71. The number of hydrogen-bond donors (Lipinski definition) is 2. The summed E-state index contributed by atoms with van der Waals surface area (Å²) in [6.45, 7) is 1.22. The van der Waals surface area contributed by atoms with Crippen molar-refractivity contribution < 1.29 is 13.2 Å². The van der Waals surface area contributed by atoms with Crippen LogP contribution in [0.1, 0.15) is 31.5 Å². The highest BCUT2D eigenvalue weighted by Gasteiger charge is 2.57. The van der Waals surface area contributed by atoms with Crippen LogP contribution in [0.5, 0.6) is 0 Å². The molecule has 1 atom stereocenters. The normalized spacial score (nSPS) is 26.6. The predicted octanol–water partition coefficient (Wildman–Crippen LogP) is 1.65. The van der Waals surface area contributed by atoms with Crippen molar-refractivity contribution in [2.75, 3.05) is 13.1 Å². The van der Waals surface area contributed by atoms with Crippen LogP contribution >= 0.6 is 0 Å². The Morgan fingerprint density at radius 3 is 2.65 bits per heavy atom. The standard InChI is InChI=1S/C12H17F3N4O/c13-12(14,15)8-2-5-19(7-11(8)3-1-4-11)6-9-16-10(20)18-17-9/h8H,1-7H2,(H2,16,17,18,20)/t8-/m0/s1. The minimum Gasteiger partial charge on any atom is -0.295 e. The minimum atomic E-state index is -4.10. The van der Waals surface area contributed by atoms with E-state index in [9.17, 15) is 18.0 Å². The smallest absolute Gasteiger partial charge is 0.295 e. The van der Waals surface area contributed by atoms with E-state index in [1.807, 2.05) is 4.90 Å². The van der Waals surface area contributed by atoms with E-state index >= 15 is 0 Å². The average molecular weight is 290 g/mol. The average Bonchev–Trinajstić information content (AvgIpc) is 2.71. The Labute approximate surface area is 113 Å². The van der Waals surface area contributed by atoms with Crippen LogP contribution in [0.15, 0.2) is 4.79 Å². The van der Waals surface area contributed by atoms with Crippen molar-refractivity contribution in [3.8, 4) is 0 Å². The number of rotatable bonds is 2. The predicted molar refractivity (Wildman–Crippen MR) is 64.9 cm³/mol. The molecule has 112 valence electrons. The molecule has 1 saturated carbocycles. The van der Waals surface area contributed by atoms with Crippen molar-refractivity contribution in [3.63, 3.8) is 0 Å². The first kappa shape index (κ1) is 13.7. The van der Waals surface area contributed by atoms with Gasteiger partial charge in [0.25, 0.3) is 0 Å². The van der Waals surface area contributed by atoms with Gasteiger partial charge in [-0.05, 0) is 31.2 Å². The van der Waals surface area contributed by atoms with Gasteiger partial charge in [-0.25, -0.2) is 9.89 Å². The fourth-order valence-corrected chi connectivity index (χ4v) is 3.63. The summed E-state index contributed by atoms with van der Waals surface area (Å²) < 4.78 is 39.4. The van der Waals surface area contributed by atoms with Gasteiger partial charge < -0.3 is 0 Å². The molecule has 3 rings (SSSR count). The van der Waals surface area contributed by atoms with Crippen molar-refractivity contribution in [2.45, 2.75) is 38.4 Å². The molecule has 2 aliphatic rings. The number of halogens is 3. The van der Waals surface area contributed by atoms with E-state index in [0.717, 1.165) is 6.42 Å². The summed E-state index contributed by atoms with van der Waals surface area (Å²) in [6, 6.07) is 0. The third-order valence-electron chi connectivity index (χ3n) is 4.68. The molecule has 2 N–H and O–H groups in total. The van der Waals surface area contributed by atoms with Gasteiger partial charge in [0.2, 0.25) is 0 Å². The molecule has 0 bridgehead atoms. The lowest BCUT2D eigenvalue weighted by atomic mass is 9.58. The summed E-state index contributed by atoms with van der Waals surface area (Å²) in [5, 5.41) is 6.08. The molecule has 2 fully saturated rings. The van der Waals surface area contributed by atoms with E-state index in [-0.39, 0.29) is 12.1 Å². The molecule has 8 heteroatoms. The zero-order valence-corrected chi connectivity index (χ0v) is 11.0. The molecule has 1 aromatic rings. The highest BCUT2D eigenvalue weighted by atomic mass is 19.4. The molecule has 1 aliphatic carbocycles.